The van der Waals surface area contributed by atoms with Gasteiger partial charge in [0, 0.05) is 30.0 Å². The number of amides is 1. The number of nitrogens with one attached hydrogen (secondary N) is 2. The summed E-state index contributed by atoms with van der Waals surface area (Å²) in [7, 11) is 0. The van der Waals surface area contributed by atoms with Crippen LogP contribution in [0.1, 0.15) is 48.0 Å². The standard InChI is InChI=1S/C19H23ClN4O/c20-16-8-6-14(7-9-16)10-11-21-19-22-12-15(13-23-19)18(25)24-17-4-2-1-3-5-17/h6-9,12-13,17H,1-5,10-11H2,(H,24,25)(H,21,22,23). The zero-order chi connectivity index (χ0) is 17.5. The second kappa shape index (κ2) is 8.81. The Labute approximate surface area is 153 Å². The number of nitrogens with zero attached hydrogens (tertiary/aromatic N) is 2. The number of hydrogen-bond donors (Lipinski definition) is 2. The Kier molecular flexibility index (Phi) is 6.23. The Bertz CT molecular complexity index is 682. The van der Waals surface area contributed by atoms with Crippen molar-refractivity contribution in [2.45, 2.75) is 44.6 Å². The Hall–Kier alpha value is -2.14. The first-order valence-corrected chi connectivity index (χ1v) is 9.20. The summed E-state index contributed by atoms with van der Waals surface area (Å²) in [6.45, 7) is 0.718. The molecule has 1 aromatic heterocycles. The molecule has 0 atom stereocenters. The normalized spacial score (nSPS) is 14.9. The van der Waals surface area contributed by atoms with E-state index in [0.717, 1.165) is 30.8 Å². The van der Waals surface area contributed by atoms with Crippen molar-refractivity contribution in [3.63, 3.8) is 0 Å². The third-order valence-corrected chi connectivity index (χ3v) is 4.72. The van der Waals surface area contributed by atoms with Gasteiger partial charge in [0.1, 0.15) is 0 Å². The van der Waals surface area contributed by atoms with Gasteiger partial charge in [0.2, 0.25) is 5.95 Å². The van der Waals surface area contributed by atoms with E-state index in [2.05, 4.69) is 20.6 Å². The first kappa shape index (κ1) is 17.7. The molecule has 3 rings (SSSR count). The van der Waals surface area contributed by atoms with Gasteiger partial charge in [0.05, 0.1) is 5.56 Å². The van der Waals surface area contributed by atoms with Gasteiger partial charge in [-0.05, 0) is 37.0 Å². The fourth-order valence-corrected chi connectivity index (χ4v) is 3.15. The summed E-state index contributed by atoms with van der Waals surface area (Å²) in [6, 6.07) is 8.06. The molecule has 25 heavy (non-hydrogen) atoms. The summed E-state index contributed by atoms with van der Waals surface area (Å²) in [5, 5.41) is 6.98. The molecule has 1 amide bonds. The highest BCUT2D eigenvalue weighted by molar-refractivity contribution is 6.30. The Morgan fingerprint density at radius 3 is 2.44 bits per heavy atom. The second-order valence-corrected chi connectivity index (χ2v) is 6.84. The van der Waals surface area contributed by atoms with Crippen molar-refractivity contribution in [1.29, 1.82) is 0 Å². The summed E-state index contributed by atoms with van der Waals surface area (Å²) in [6.07, 6.45) is 9.80. The maximum Gasteiger partial charge on any atom is 0.254 e. The summed E-state index contributed by atoms with van der Waals surface area (Å²) in [4.78, 5) is 20.7. The quantitative estimate of drug-likeness (QED) is 0.823. The number of halogens is 1. The lowest BCUT2D eigenvalue weighted by atomic mass is 9.95. The monoisotopic (exact) mass is 358 g/mol. The van der Waals surface area contributed by atoms with Crippen LogP contribution in [0, 0.1) is 0 Å². The lowest BCUT2D eigenvalue weighted by Crippen LogP contribution is -2.36. The highest BCUT2D eigenvalue weighted by atomic mass is 35.5. The van der Waals surface area contributed by atoms with Crippen LogP contribution >= 0.6 is 11.6 Å². The molecule has 0 saturated heterocycles. The third-order valence-electron chi connectivity index (χ3n) is 4.46. The van der Waals surface area contributed by atoms with Gasteiger partial charge < -0.3 is 10.6 Å². The molecule has 1 heterocycles. The van der Waals surface area contributed by atoms with Gasteiger partial charge in [-0.3, -0.25) is 4.79 Å². The van der Waals surface area contributed by atoms with Crippen LogP contribution in [-0.2, 0) is 6.42 Å². The molecule has 0 spiro atoms. The number of anilines is 1. The fraction of sp³-hybridized carbons (Fsp3) is 0.421. The van der Waals surface area contributed by atoms with Gasteiger partial charge in [-0.2, -0.15) is 0 Å². The number of carbonyl (C=O) groups is 1. The predicted molar refractivity (Wildman–Crippen MR) is 100 cm³/mol. The average molecular weight is 359 g/mol. The summed E-state index contributed by atoms with van der Waals surface area (Å²) in [5.41, 5.74) is 1.70. The lowest BCUT2D eigenvalue weighted by molar-refractivity contribution is 0.0927. The number of carbonyl (C=O) groups excluding carboxylic acids is 1. The van der Waals surface area contributed by atoms with Crippen LogP contribution in [0.15, 0.2) is 36.7 Å². The van der Waals surface area contributed by atoms with Crippen LogP contribution in [0.25, 0.3) is 0 Å². The van der Waals surface area contributed by atoms with Crippen LogP contribution in [-0.4, -0.2) is 28.5 Å². The average Bonchev–Trinajstić information content (AvgIpc) is 2.65. The molecule has 1 fully saturated rings. The van der Waals surface area contributed by atoms with Crippen LogP contribution in [0.4, 0.5) is 5.95 Å². The highest BCUT2D eigenvalue weighted by Crippen LogP contribution is 2.17. The van der Waals surface area contributed by atoms with E-state index in [9.17, 15) is 4.79 Å². The predicted octanol–water partition coefficient (Wildman–Crippen LogP) is 3.85. The van der Waals surface area contributed by atoms with Gasteiger partial charge in [0.15, 0.2) is 0 Å². The summed E-state index contributed by atoms with van der Waals surface area (Å²) >= 11 is 5.88. The van der Waals surface area contributed by atoms with Crippen molar-refractivity contribution in [2.75, 3.05) is 11.9 Å². The number of rotatable bonds is 6. The molecule has 1 aliphatic carbocycles. The second-order valence-electron chi connectivity index (χ2n) is 6.41. The molecule has 6 heteroatoms. The number of benzene rings is 1. The van der Waals surface area contributed by atoms with Gasteiger partial charge in [-0.1, -0.05) is 43.0 Å². The fourth-order valence-electron chi connectivity index (χ4n) is 3.02. The minimum atomic E-state index is -0.0837. The maximum atomic E-state index is 12.2. The van der Waals surface area contributed by atoms with Crippen LogP contribution in [0.2, 0.25) is 5.02 Å². The molecule has 0 radical (unpaired) electrons. The van der Waals surface area contributed by atoms with Crippen LogP contribution in [0.3, 0.4) is 0 Å². The molecule has 0 bridgehead atoms. The van der Waals surface area contributed by atoms with E-state index in [4.69, 9.17) is 11.6 Å². The Balaban J connectivity index is 1.46. The van der Waals surface area contributed by atoms with E-state index in [0.29, 0.717) is 17.6 Å². The minimum absolute atomic E-state index is 0.0837. The van der Waals surface area contributed by atoms with E-state index in [-0.39, 0.29) is 5.91 Å². The molecule has 1 saturated carbocycles. The van der Waals surface area contributed by atoms with Gasteiger partial charge in [-0.15, -0.1) is 0 Å². The Morgan fingerprint density at radius 2 is 1.76 bits per heavy atom. The van der Waals surface area contributed by atoms with Crippen molar-refractivity contribution in [3.05, 3.63) is 52.8 Å². The van der Waals surface area contributed by atoms with E-state index < -0.39 is 0 Å². The molecule has 1 aromatic carbocycles. The van der Waals surface area contributed by atoms with E-state index in [1.807, 2.05) is 24.3 Å². The lowest BCUT2D eigenvalue weighted by Gasteiger charge is -2.22. The van der Waals surface area contributed by atoms with Gasteiger partial charge >= 0.3 is 0 Å². The largest absolute Gasteiger partial charge is 0.354 e. The maximum absolute atomic E-state index is 12.2. The van der Waals surface area contributed by atoms with Crippen LogP contribution in [0.5, 0.6) is 0 Å². The van der Waals surface area contributed by atoms with Crippen molar-refractivity contribution >= 4 is 23.5 Å². The third kappa shape index (κ3) is 5.43. The van der Waals surface area contributed by atoms with E-state index >= 15 is 0 Å². The number of aromatic nitrogens is 2. The smallest absolute Gasteiger partial charge is 0.254 e. The molecule has 1 aliphatic rings. The van der Waals surface area contributed by atoms with Crippen molar-refractivity contribution in [1.82, 2.24) is 15.3 Å². The molecule has 0 unspecified atom stereocenters. The van der Waals surface area contributed by atoms with Crippen molar-refractivity contribution < 1.29 is 4.79 Å². The zero-order valence-electron chi connectivity index (χ0n) is 14.2. The van der Waals surface area contributed by atoms with E-state index in [1.54, 1.807) is 12.4 Å². The molecule has 5 nitrogen and oxygen atoms in total. The molecular formula is C19H23ClN4O. The molecular weight excluding hydrogens is 336 g/mol. The SMILES string of the molecule is O=C(NC1CCCCC1)c1cnc(NCCc2ccc(Cl)cc2)nc1. The summed E-state index contributed by atoms with van der Waals surface area (Å²) in [5.74, 6) is 0.447. The van der Waals surface area contributed by atoms with Gasteiger partial charge in [0.25, 0.3) is 5.91 Å². The first-order valence-electron chi connectivity index (χ1n) is 8.82. The first-order chi connectivity index (χ1) is 12.2. The molecule has 0 aliphatic heterocycles. The van der Waals surface area contributed by atoms with Crippen molar-refractivity contribution in [3.8, 4) is 0 Å². The molecule has 132 valence electrons. The molecule has 2 aromatic rings. The highest BCUT2D eigenvalue weighted by Gasteiger charge is 2.17. The number of hydrogen-bond acceptors (Lipinski definition) is 4. The zero-order valence-corrected chi connectivity index (χ0v) is 14.9. The van der Waals surface area contributed by atoms with E-state index in [1.165, 1.54) is 24.8 Å². The van der Waals surface area contributed by atoms with Crippen molar-refractivity contribution in [2.24, 2.45) is 0 Å². The topological polar surface area (TPSA) is 66.9 Å². The van der Waals surface area contributed by atoms with Crippen LogP contribution < -0.4 is 10.6 Å². The summed E-state index contributed by atoms with van der Waals surface area (Å²) < 4.78 is 0. The molecule has 2 N–H and O–H groups in total. The Morgan fingerprint density at radius 1 is 1.08 bits per heavy atom. The van der Waals surface area contributed by atoms with Gasteiger partial charge in [-0.25, -0.2) is 9.97 Å². The minimum Gasteiger partial charge on any atom is -0.354 e.